The van der Waals surface area contributed by atoms with Gasteiger partial charge in [-0.1, -0.05) is 0 Å². The predicted molar refractivity (Wildman–Crippen MR) is 87.7 cm³/mol. The third-order valence-electron chi connectivity index (χ3n) is 3.08. The number of likely N-dealkylation sites (N-methyl/N-ethyl adjacent to an activating group) is 1. The van der Waals surface area contributed by atoms with Gasteiger partial charge in [0.2, 0.25) is 5.91 Å². The number of hydrogen-bond acceptors (Lipinski definition) is 5. The average molecular weight is 322 g/mol. The van der Waals surface area contributed by atoms with Gasteiger partial charge in [-0.25, -0.2) is 0 Å². The number of non-ortho nitro benzene ring substituents is 1. The summed E-state index contributed by atoms with van der Waals surface area (Å²) in [5, 5.41) is 13.6. The van der Waals surface area contributed by atoms with Crippen molar-refractivity contribution in [3.8, 4) is 0 Å². The lowest BCUT2D eigenvalue weighted by molar-refractivity contribution is -0.384. The Kier molecular flexibility index (Phi) is 6.06. The minimum absolute atomic E-state index is 0.0267. The third-order valence-corrected chi connectivity index (χ3v) is 3.08. The first-order valence-corrected chi connectivity index (χ1v) is 7.14. The van der Waals surface area contributed by atoms with E-state index in [9.17, 15) is 19.7 Å². The number of nitro benzene ring substituents is 1. The number of rotatable bonds is 6. The highest BCUT2D eigenvalue weighted by molar-refractivity contribution is 6.01. The smallest absolute Gasteiger partial charge is 0.270 e. The number of anilines is 1. The van der Waals surface area contributed by atoms with Crippen molar-refractivity contribution in [2.45, 2.75) is 19.9 Å². The first kappa shape index (κ1) is 18.4. The van der Waals surface area contributed by atoms with Crippen molar-refractivity contribution in [3.05, 3.63) is 33.9 Å². The number of benzene rings is 1. The summed E-state index contributed by atoms with van der Waals surface area (Å²) in [7, 11) is 4.97. The number of nitrogens with zero attached hydrogens (tertiary/aromatic N) is 3. The van der Waals surface area contributed by atoms with Crippen LogP contribution in [0.15, 0.2) is 18.2 Å². The number of amides is 2. The highest BCUT2D eigenvalue weighted by atomic mass is 16.6. The molecule has 0 saturated heterocycles. The SMILES string of the molecule is CC(C)NC(=O)CN(C)C(=O)c1cc([N+](=O)[O-])ccc1N(C)C. The lowest BCUT2D eigenvalue weighted by Crippen LogP contribution is -2.41. The van der Waals surface area contributed by atoms with Gasteiger partial charge in [-0.15, -0.1) is 0 Å². The van der Waals surface area contributed by atoms with Gasteiger partial charge in [0.25, 0.3) is 11.6 Å². The molecule has 0 saturated carbocycles. The molecule has 1 aromatic rings. The number of nitro groups is 1. The Balaban J connectivity index is 3.07. The summed E-state index contributed by atoms with van der Waals surface area (Å²) >= 11 is 0. The molecular formula is C15H22N4O4. The molecule has 8 heteroatoms. The summed E-state index contributed by atoms with van der Waals surface area (Å²) in [5.41, 5.74) is 0.569. The maximum Gasteiger partial charge on any atom is 0.270 e. The van der Waals surface area contributed by atoms with Gasteiger partial charge >= 0.3 is 0 Å². The molecule has 0 fully saturated rings. The zero-order chi connectivity index (χ0) is 17.7. The highest BCUT2D eigenvalue weighted by Gasteiger charge is 2.22. The summed E-state index contributed by atoms with van der Waals surface area (Å²) in [6.07, 6.45) is 0. The van der Waals surface area contributed by atoms with Gasteiger partial charge in [-0.05, 0) is 19.9 Å². The van der Waals surface area contributed by atoms with Crippen LogP contribution in [-0.4, -0.2) is 55.4 Å². The van der Waals surface area contributed by atoms with E-state index in [0.29, 0.717) is 5.69 Å². The Morgan fingerprint density at radius 3 is 2.35 bits per heavy atom. The van der Waals surface area contributed by atoms with Crippen molar-refractivity contribution in [2.75, 3.05) is 32.6 Å². The van der Waals surface area contributed by atoms with Crippen LogP contribution >= 0.6 is 0 Å². The molecule has 0 aliphatic carbocycles. The molecule has 0 bridgehead atoms. The van der Waals surface area contributed by atoms with Crippen LogP contribution in [0.3, 0.4) is 0 Å². The normalized spacial score (nSPS) is 10.3. The van der Waals surface area contributed by atoms with Gasteiger partial charge in [0.05, 0.1) is 17.0 Å². The predicted octanol–water partition coefficient (Wildman–Crippen LogP) is 1.26. The number of carbonyl (C=O) groups excluding carboxylic acids is 2. The zero-order valence-electron chi connectivity index (χ0n) is 14.0. The number of hydrogen-bond donors (Lipinski definition) is 1. The topological polar surface area (TPSA) is 95.8 Å². The number of nitrogens with one attached hydrogen (secondary N) is 1. The summed E-state index contributed by atoms with van der Waals surface area (Å²) in [5.74, 6) is -0.732. The van der Waals surface area contributed by atoms with Gasteiger partial charge < -0.3 is 15.1 Å². The van der Waals surface area contributed by atoms with Gasteiger partial charge in [-0.2, -0.15) is 0 Å². The maximum absolute atomic E-state index is 12.6. The van der Waals surface area contributed by atoms with Crippen LogP contribution in [0.4, 0.5) is 11.4 Å². The van der Waals surface area contributed by atoms with Gasteiger partial charge in [0.15, 0.2) is 0 Å². The van der Waals surface area contributed by atoms with E-state index in [1.165, 1.54) is 30.1 Å². The van der Waals surface area contributed by atoms with Gasteiger partial charge in [-0.3, -0.25) is 19.7 Å². The molecule has 0 aromatic heterocycles. The van der Waals surface area contributed by atoms with Crippen molar-refractivity contribution in [3.63, 3.8) is 0 Å². The van der Waals surface area contributed by atoms with Crippen molar-refractivity contribution in [1.29, 1.82) is 0 Å². The fourth-order valence-corrected chi connectivity index (χ4v) is 2.06. The molecule has 0 radical (unpaired) electrons. The molecule has 1 aromatic carbocycles. The second-order valence-electron chi connectivity index (χ2n) is 5.74. The van der Waals surface area contributed by atoms with E-state index < -0.39 is 10.8 Å². The third kappa shape index (κ3) is 4.94. The monoisotopic (exact) mass is 322 g/mol. The molecule has 1 N–H and O–H groups in total. The zero-order valence-corrected chi connectivity index (χ0v) is 14.0. The Bertz CT molecular complexity index is 613. The first-order valence-electron chi connectivity index (χ1n) is 7.14. The fourth-order valence-electron chi connectivity index (χ4n) is 2.06. The lowest BCUT2D eigenvalue weighted by atomic mass is 10.1. The molecule has 0 spiro atoms. The van der Waals surface area contributed by atoms with Crippen LogP contribution < -0.4 is 10.2 Å². The van der Waals surface area contributed by atoms with Crippen LogP contribution in [0.5, 0.6) is 0 Å². The molecule has 0 unspecified atom stereocenters. The molecule has 126 valence electrons. The van der Waals surface area contributed by atoms with E-state index >= 15 is 0 Å². The van der Waals surface area contributed by atoms with Crippen molar-refractivity contribution < 1.29 is 14.5 Å². The second-order valence-corrected chi connectivity index (χ2v) is 5.74. The van der Waals surface area contributed by atoms with Crippen LogP contribution in [0.2, 0.25) is 0 Å². The summed E-state index contributed by atoms with van der Waals surface area (Å²) in [6, 6.07) is 4.07. The van der Waals surface area contributed by atoms with Crippen LogP contribution in [0.25, 0.3) is 0 Å². The molecular weight excluding hydrogens is 300 g/mol. The van der Waals surface area contributed by atoms with Crippen LogP contribution in [-0.2, 0) is 4.79 Å². The molecule has 8 nitrogen and oxygen atoms in total. The quantitative estimate of drug-likeness (QED) is 0.628. The molecule has 2 amide bonds. The van der Waals surface area contributed by atoms with Gasteiger partial charge in [0, 0.05) is 45.0 Å². The molecule has 0 aliphatic heterocycles. The Hall–Kier alpha value is -2.64. The first-order chi connectivity index (χ1) is 10.6. The Morgan fingerprint density at radius 1 is 1.26 bits per heavy atom. The maximum atomic E-state index is 12.6. The largest absolute Gasteiger partial charge is 0.377 e. The summed E-state index contributed by atoms with van der Waals surface area (Å²) in [6.45, 7) is 3.53. The molecule has 0 aliphatic rings. The van der Waals surface area contributed by atoms with E-state index in [0.717, 1.165) is 0 Å². The lowest BCUT2D eigenvalue weighted by Gasteiger charge is -2.22. The Morgan fingerprint density at radius 2 is 1.87 bits per heavy atom. The molecule has 23 heavy (non-hydrogen) atoms. The van der Waals surface area contributed by atoms with Crippen LogP contribution in [0.1, 0.15) is 24.2 Å². The average Bonchev–Trinajstić information content (AvgIpc) is 2.44. The van der Waals surface area contributed by atoms with E-state index in [-0.39, 0.29) is 29.7 Å². The van der Waals surface area contributed by atoms with Gasteiger partial charge in [0.1, 0.15) is 0 Å². The summed E-state index contributed by atoms with van der Waals surface area (Å²) < 4.78 is 0. The van der Waals surface area contributed by atoms with E-state index in [1.807, 2.05) is 13.8 Å². The Labute approximate surface area is 135 Å². The number of carbonyl (C=O) groups is 2. The van der Waals surface area contributed by atoms with E-state index in [4.69, 9.17) is 0 Å². The van der Waals surface area contributed by atoms with Crippen molar-refractivity contribution in [1.82, 2.24) is 10.2 Å². The van der Waals surface area contributed by atoms with Crippen molar-refractivity contribution in [2.24, 2.45) is 0 Å². The molecule has 1 rings (SSSR count). The van der Waals surface area contributed by atoms with Crippen LogP contribution in [0, 0.1) is 10.1 Å². The molecule has 0 atom stereocenters. The second kappa shape index (κ2) is 7.57. The molecule has 0 heterocycles. The minimum Gasteiger partial charge on any atom is -0.377 e. The highest BCUT2D eigenvalue weighted by Crippen LogP contribution is 2.25. The van der Waals surface area contributed by atoms with E-state index in [2.05, 4.69) is 5.32 Å². The van der Waals surface area contributed by atoms with E-state index in [1.54, 1.807) is 19.0 Å². The standard InChI is InChI=1S/C15H22N4O4/c1-10(2)16-14(20)9-18(5)15(21)12-8-11(19(22)23)6-7-13(12)17(3)4/h6-8,10H,9H2,1-5H3,(H,16,20). The minimum atomic E-state index is -0.554. The van der Waals surface area contributed by atoms with Crippen molar-refractivity contribution >= 4 is 23.2 Å². The summed E-state index contributed by atoms with van der Waals surface area (Å²) in [4.78, 5) is 37.6. The fraction of sp³-hybridized carbons (Fsp3) is 0.467.